The van der Waals surface area contributed by atoms with E-state index in [1.807, 2.05) is 127 Å². The molecule has 10 heterocycles. The zero-order valence-corrected chi connectivity index (χ0v) is 66.4. The number of H-pyrrole nitrogens is 1. The Labute approximate surface area is 710 Å². The number of nitrogens with zero attached hydrogens (tertiary/aromatic N) is 15. The number of para-hydroxylation sites is 4. The van der Waals surface area contributed by atoms with Crippen LogP contribution in [0.25, 0.3) is 229 Å². The van der Waals surface area contributed by atoms with Crippen LogP contribution in [0.4, 0.5) is 0 Å². The number of pyridine rings is 3. The molecule has 16 nitrogen and oxygen atoms in total. The van der Waals surface area contributed by atoms with E-state index in [0.29, 0.717) is 52.4 Å². The molecule has 24 rings (SSSR count). The van der Waals surface area contributed by atoms with Crippen LogP contribution in [0, 0.1) is 0 Å². The third kappa shape index (κ3) is 13.2. The minimum Gasteiger partial charge on any atom is -0.355 e. The number of rotatable bonds is 14. The summed E-state index contributed by atoms with van der Waals surface area (Å²) in [6.45, 7) is 0. The van der Waals surface area contributed by atoms with Crippen LogP contribution in [0.3, 0.4) is 0 Å². The summed E-state index contributed by atoms with van der Waals surface area (Å²) in [7, 11) is 0. The number of hydrogen-bond donors (Lipinski definition) is 1. The highest BCUT2D eigenvalue weighted by Crippen LogP contribution is 2.42. The molecule has 16 heteroatoms. The summed E-state index contributed by atoms with van der Waals surface area (Å²) in [5, 5.41) is 9.64. The molecule has 0 radical (unpaired) electrons. The van der Waals surface area contributed by atoms with E-state index in [0.717, 1.165) is 122 Å². The Morgan fingerprint density at radius 3 is 0.677 bits per heavy atom. The number of hydrogen-bond acceptors (Lipinski definition) is 12. The zero-order valence-electron chi connectivity index (χ0n) is 66.4. The van der Waals surface area contributed by atoms with Crippen molar-refractivity contribution in [1.82, 2.24) is 78.5 Å². The smallest absolute Gasteiger partial charge is 0.164 e. The van der Waals surface area contributed by atoms with E-state index in [-0.39, 0.29) is 0 Å². The molecule has 0 aliphatic rings. The first-order valence-corrected chi connectivity index (χ1v) is 41.0. The number of fused-ring (bicyclic) bond motifs is 12. The molecule has 0 amide bonds. The molecule has 0 unspecified atom stereocenters. The number of aromatic amines is 1. The number of nitrogens with one attached hydrogen (secondary N) is 1. The number of aromatic nitrogens is 16. The van der Waals surface area contributed by atoms with Gasteiger partial charge in [-0.2, -0.15) is 0 Å². The summed E-state index contributed by atoms with van der Waals surface area (Å²) in [4.78, 5) is 60.3. The summed E-state index contributed by atoms with van der Waals surface area (Å²) in [5.74, 6) is 5.51. The van der Waals surface area contributed by atoms with Gasteiger partial charge in [-0.15, -0.1) is 0 Å². The first-order chi connectivity index (χ1) is 61.4. The molecule has 0 atom stereocenters. The van der Waals surface area contributed by atoms with Gasteiger partial charge < -0.3 is 18.7 Å². The topological polar surface area (TPSA) is 185 Å². The van der Waals surface area contributed by atoms with E-state index in [9.17, 15) is 0 Å². The second-order valence-electron chi connectivity index (χ2n) is 30.5. The second-order valence-corrected chi connectivity index (χ2v) is 30.5. The second kappa shape index (κ2) is 30.6. The van der Waals surface area contributed by atoms with Crippen LogP contribution in [-0.4, -0.2) is 78.5 Å². The van der Waals surface area contributed by atoms with E-state index in [4.69, 9.17) is 44.9 Å². The van der Waals surface area contributed by atoms with Crippen molar-refractivity contribution in [3.05, 3.63) is 407 Å². The van der Waals surface area contributed by atoms with Crippen LogP contribution in [0.2, 0.25) is 0 Å². The van der Waals surface area contributed by atoms with Crippen molar-refractivity contribution in [3.63, 3.8) is 0 Å². The van der Waals surface area contributed by atoms with Gasteiger partial charge in [-0.3, -0.25) is 15.0 Å². The molecule has 0 saturated carbocycles. The molecule has 10 aromatic heterocycles. The quantitative estimate of drug-likeness (QED) is 0.109. The van der Waals surface area contributed by atoms with Gasteiger partial charge in [0.25, 0.3) is 0 Å². The Kier molecular flexibility index (Phi) is 17.8. The average molecular weight is 1590 g/mol. The Bertz CT molecular complexity index is 7730. The van der Waals surface area contributed by atoms with Gasteiger partial charge in [0.15, 0.2) is 52.4 Å². The van der Waals surface area contributed by atoms with E-state index >= 15 is 0 Å². The minimum atomic E-state index is 0.598. The maximum absolute atomic E-state index is 4.96. The lowest BCUT2D eigenvalue weighted by molar-refractivity contribution is 1.07. The van der Waals surface area contributed by atoms with Crippen molar-refractivity contribution < 1.29 is 0 Å². The molecule has 1 N–H and O–H groups in total. The van der Waals surface area contributed by atoms with E-state index in [2.05, 4.69) is 276 Å². The third-order valence-corrected chi connectivity index (χ3v) is 23.2. The minimum absolute atomic E-state index is 0.598. The van der Waals surface area contributed by atoms with Gasteiger partial charge in [0.2, 0.25) is 0 Å². The molecule has 0 aliphatic heterocycles. The maximum Gasteiger partial charge on any atom is 0.164 e. The highest BCUT2D eigenvalue weighted by atomic mass is 15.1. The van der Waals surface area contributed by atoms with Gasteiger partial charge in [-0.25, -0.2) is 44.9 Å². The standard InChI is InChI=1S/C64H40N10.C44H28N6/c1-3-11-41(12-4-1)59-67-61(71-63(69-59)45-31-35-65-36-32-45)43-19-25-49(26-20-43)73-55-17-9-7-15-51(55)53-39-47(23-29-57(53)73)48-24-30-58-54(40-48)52-16-8-10-18-56(52)74(58)50-27-21-44(22-28-50)62-68-60(42-13-5-2-6-14-42)70-64(72-62)46-33-37-66-38-34-46;1-2-8-28(9-3-1)42-47-43(49-44(48-42)30-22-24-45-25-23-30)29-14-18-33(19-15-29)50-40-13-7-5-11-35(40)37-27-32(17-21-41(37)50)31-16-20-39-36(26-31)34-10-4-6-12-38(34)46-39/h1-40H;1-27,46H. The zero-order chi connectivity index (χ0) is 82.0. The lowest BCUT2D eigenvalue weighted by atomic mass is 10.0. The van der Waals surface area contributed by atoms with Crippen molar-refractivity contribution in [3.8, 4) is 142 Å². The van der Waals surface area contributed by atoms with E-state index in [1.54, 1.807) is 37.2 Å². The Morgan fingerprint density at radius 1 is 0.153 bits per heavy atom. The van der Waals surface area contributed by atoms with Crippen molar-refractivity contribution in [2.75, 3.05) is 0 Å². The van der Waals surface area contributed by atoms with Crippen LogP contribution in [-0.2, 0) is 0 Å². The van der Waals surface area contributed by atoms with Crippen LogP contribution >= 0.6 is 0 Å². The molecule has 124 heavy (non-hydrogen) atoms. The third-order valence-electron chi connectivity index (χ3n) is 23.2. The van der Waals surface area contributed by atoms with Crippen molar-refractivity contribution >= 4 is 87.2 Å². The Balaban J connectivity index is 0.000000154. The van der Waals surface area contributed by atoms with E-state index < -0.39 is 0 Å². The molecule has 14 aromatic carbocycles. The lowest BCUT2D eigenvalue weighted by Crippen LogP contribution is -2.00. The van der Waals surface area contributed by atoms with Crippen LogP contribution in [0.15, 0.2) is 407 Å². The SMILES string of the molecule is c1ccc(-c2nc(-c3ccncc3)nc(-c3ccc(-n4c5ccccc5c5cc(-c6ccc7[nH]c8ccccc8c7c6)ccc54)cc3)n2)cc1.c1ccc(-c2nc(-c3ccncc3)nc(-c3ccc(-n4c5ccccc5c5cc(-c6ccc7c(c6)c6ccccc6n7-c6ccc(-c7nc(-c8ccccc8)nc(-c8ccncc8)n7)cc6)ccc54)cc3)n2)cc1. The summed E-state index contributed by atoms with van der Waals surface area (Å²) in [6.07, 6.45) is 10.5. The molecule has 0 fully saturated rings. The Hall–Kier alpha value is -17.2. The molecular formula is C108H68N16. The monoisotopic (exact) mass is 1590 g/mol. The molecule has 0 spiro atoms. The Morgan fingerprint density at radius 2 is 0.371 bits per heavy atom. The van der Waals surface area contributed by atoms with Crippen LogP contribution in [0.5, 0.6) is 0 Å². The lowest BCUT2D eigenvalue weighted by Gasteiger charge is -2.11. The van der Waals surface area contributed by atoms with Gasteiger partial charge in [-0.1, -0.05) is 188 Å². The molecule has 24 aromatic rings. The average Bonchev–Trinajstić information content (AvgIpc) is 1.59. The normalized spacial score (nSPS) is 11.5. The molecule has 0 aliphatic carbocycles. The van der Waals surface area contributed by atoms with Crippen LogP contribution in [0.1, 0.15) is 0 Å². The van der Waals surface area contributed by atoms with E-state index in [1.165, 1.54) is 54.2 Å². The summed E-state index contributed by atoms with van der Waals surface area (Å²) >= 11 is 0. The summed E-state index contributed by atoms with van der Waals surface area (Å²) < 4.78 is 7.02. The van der Waals surface area contributed by atoms with Gasteiger partial charge in [0.05, 0.1) is 33.1 Å². The molecular weight excluding hydrogens is 1520 g/mol. The highest BCUT2D eigenvalue weighted by Gasteiger charge is 2.23. The predicted octanol–water partition coefficient (Wildman–Crippen LogP) is 25.4. The summed E-state index contributed by atoms with van der Waals surface area (Å²) in [5.41, 5.74) is 25.1. The molecule has 580 valence electrons. The molecule has 0 bridgehead atoms. The van der Waals surface area contributed by atoms with Crippen LogP contribution < -0.4 is 0 Å². The van der Waals surface area contributed by atoms with Gasteiger partial charge in [-0.05, 0) is 204 Å². The highest BCUT2D eigenvalue weighted by molar-refractivity contribution is 6.14. The first-order valence-electron chi connectivity index (χ1n) is 41.0. The van der Waals surface area contributed by atoms with Crippen molar-refractivity contribution in [2.45, 2.75) is 0 Å². The maximum atomic E-state index is 4.96. The first kappa shape index (κ1) is 72.0. The van der Waals surface area contributed by atoms with Crippen molar-refractivity contribution in [1.29, 1.82) is 0 Å². The summed E-state index contributed by atoms with van der Waals surface area (Å²) in [6, 6.07) is 129. The van der Waals surface area contributed by atoms with Gasteiger partial charge >= 0.3 is 0 Å². The predicted molar refractivity (Wildman–Crippen MR) is 499 cm³/mol. The molecule has 0 saturated heterocycles. The number of benzene rings is 14. The fourth-order valence-corrected chi connectivity index (χ4v) is 17.2. The van der Waals surface area contributed by atoms with Gasteiger partial charge in [0.1, 0.15) is 0 Å². The van der Waals surface area contributed by atoms with Gasteiger partial charge in [0, 0.05) is 158 Å². The fraction of sp³-hybridized carbons (Fsp3) is 0. The van der Waals surface area contributed by atoms with Crippen molar-refractivity contribution in [2.24, 2.45) is 0 Å². The largest absolute Gasteiger partial charge is 0.355 e. The fourth-order valence-electron chi connectivity index (χ4n) is 17.2.